The van der Waals surface area contributed by atoms with E-state index in [1.165, 1.54) is 0 Å². The highest BCUT2D eigenvalue weighted by Crippen LogP contribution is 2.18. The highest BCUT2D eigenvalue weighted by molar-refractivity contribution is 5.76. The normalized spacial score (nSPS) is 14.7. The number of carbonyl (C=O) groups is 1. The maximum atomic E-state index is 11.7. The Morgan fingerprint density at radius 3 is 2.65 bits per heavy atom. The van der Waals surface area contributed by atoms with Crippen molar-refractivity contribution >= 4 is 23.4 Å². The third-order valence-electron chi connectivity index (χ3n) is 3.83. The zero-order chi connectivity index (χ0) is 16.1. The Morgan fingerprint density at radius 1 is 1.13 bits per heavy atom. The number of amides is 1. The zero-order valence-corrected chi connectivity index (χ0v) is 13.1. The number of rotatable bonds is 4. The van der Waals surface area contributed by atoms with Crippen molar-refractivity contribution in [3.8, 4) is 0 Å². The Balaban J connectivity index is 1.65. The van der Waals surface area contributed by atoms with E-state index in [0.717, 1.165) is 37.8 Å². The fourth-order valence-electron chi connectivity index (χ4n) is 2.56. The average Bonchev–Trinajstić information content (AvgIpc) is 2.62. The topological polar surface area (TPSA) is 74.2 Å². The van der Waals surface area contributed by atoms with Gasteiger partial charge in [-0.15, -0.1) is 0 Å². The van der Waals surface area contributed by atoms with Crippen LogP contribution in [-0.4, -0.2) is 51.9 Å². The van der Waals surface area contributed by atoms with E-state index in [-0.39, 0.29) is 5.91 Å². The second-order valence-electron chi connectivity index (χ2n) is 5.32. The van der Waals surface area contributed by atoms with Gasteiger partial charge in [-0.3, -0.25) is 4.79 Å². The number of carbonyl (C=O) groups excluding carboxylic acids is 1. The molecule has 7 heteroatoms. The number of pyridine rings is 1. The number of piperazine rings is 1. The number of nitrogens with one attached hydrogen (secondary N) is 1. The van der Waals surface area contributed by atoms with E-state index >= 15 is 0 Å². The average molecular weight is 312 g/mol. The molecule has 2 aromatic rings. The van der Waals surface area contributed by atoms with Gasteiger partial charge in [-0.25, -0.2) is 15.0 Å². The summed E-state index contributed by atoms with van der Waals surface area (Å²) in [4.78, 5) is 28.6. The molecule has 0 saturated carbocycles. The number of hydrogen-bond donors (Lipinski definition) is 1. The zero-order valence-electron chi connectivity index (χ0n) is 13.1. The first-order chi connectivity index (χ1) is 11.3. The van der Waals surface area contributed by atoms with Crippen LogP contribution in [0.25, 0.3) is 0 Å². The fourth-order valence-corrected chi connectivity index (χ4v) is 2.56. The summed E-state index contributed by atoms with van der Waals surface area (Å²) in [5, 5.41) is 3.17. The Bertz CT molecular complexity index is 655. The minimum Gasteiger partial charge on any atom is -0.353 e. The Morgan fingerprint density at radius 2 is 1.96 bits per heavy atom. The molecule has 3 heterocycles. The fraction of sp³-hybridized carbons (Fsp3) is 0.375. The van der Waals surface area contributed by atoms with Crippen LogP contribution >= 0.6 is 0 Å². The Labute approximate surface area is 135 Å². The predicted molar refractivity (Wildman–Crippen MR) is 88.6 cm³/mol. The molecule has 0 unspecified atom stereocenters. The molecule has 0 bridgehead atoms. The van der Waals surface area contributed by atoms with Crippen molar-refractivity contribution < 1.29 is 4.79 Å². The van der Waals surface area contributed by atoms with E-state index < -0.39 is 0 Å². The highest BCUT2D eigenvalue weighted by Gasteiger charge is 2.21. The van der Waals surface area contributed by atoms with E-state index in [2.05, 4.69) is 25.2 Å². The Kier molecular flexibility index (Phi) is 4.65. The van der Waals surface area contributed by atoms with Crippen LogP contribution in [0.3, 0.4) is 0 Å². The molecule has 120 valence electrons. The maximum absolute atomic E-state index is 11.7. The summed E-state index contributed by atoms with van der Waals surface area (Å²) in [6, 6.07) is 7.58. The van der Waals surface area contributed by atoms with Crippen LogP contribution < -0.4 is 10.2 Å². The van der Waals surface area contributed by atoms with Gasteiger partial charge in [0.1, 0.15) is 23.8 Å². The van der Waals surface area contributed by atoms with Gasteiger partial charge in [0.05, 0.1) is 0 Å². The molecule has 1 saturated heterocycles. The number of aromatic nitrogens is 3. The van der Waals surface area contributed by atoms with Crippen molar-refractivity contribution in [3.05, 3.63) is 36.8 Å². The predicted octanol–water partition coefficient (Wildman–Crippen LogP) is 1.67. The molecule has 3 rings (SSSR count). The van der Waals surface area contributed by atoms with E-state index in [4.69, 9.17) is 0 Å². The van der Waals surface area contributed by atoms with E-state index in [1.807, 2.05) is 36.1 Å². The standard InChI is InChI=1S/C16H20N6O/c1-2-16(23)22-9-7-21(8-10-22)15-11-14(18-12-19-15)20-13-5-3-4-6-17-13/h3-6,11-12H,2,7-10H2,1H3,(H,17,18,19,20). The first-order valence-electron chi connectivity index (χ1n) is 7.79. The van der Waals surface area contributed by atoms with Crippen LogP contribution in [-0.2, 0) is 4.79 Å². The second-order valence-corrected chi connectivity index (χ2v) is 5.32. The highest BCUT2D eigenvalue weighted by atomic mass is 16.2. The lowest BCUT2D eigenvalue weighted by molar-refractivity contribution is -0.131. The molecule has 1 amide bonds. The quantitative estimate of drug-likeness (QED) is 0.926. The molecule has 23 heavy (non-hydrogen) atoms. The van der Waals surface area contributed by atoms with Gasteiger partial charge in [0.15, 0.2) is 0 Å². The van der Waals surface area contributed by atoms with Gasteiger partial charge in [0.25, 0.3) is 0 Å². The van der Waals surface area contributed by atoms with E-state index in [0.29, 0.717) is 12.2 Å². The van der Waals surface area contributed by atoms with Crippen LogP contribution in [0.5, 0.6) is 0 Å². The smallest absolute Gasteiger partial charge is 0.222 e. The molecule has 0 atom stereocenters. The van der Waals surface area contributed by atoms with E-state index in [1.54, 1.807) is 12.5 Å². The molecule has 0 aliphatic carbocycles. The van der Waals surface area contributed by atoms with Gasteiger partial charge in [0.2, 0.25) is 5.91 Å². The van der Waals surface area contributed by atoms with Gasteiger partial charge in [-0.2, -0.15) is 0 Å². The first-order valence-corrected chi connectivity index (χ1v) is 7.79. The minimum atomic E-state index is 0.213. The Hall–Kier alpha value is -2.70. The van der Waals surface area contributed by atoms with Gasteiger partial charge < -0.3 is 15.1 Å². The third-order valence-corrected chi connectivity index (χ3v) is 3.83. The molecule has 0 radical (unpaired) electrons. The largest absolute Gasteiger partial charge is 0.353 e. The lowest BCUT2D eigenvalue weighted by Crippen LogP contribution is -2.48. The second kappa shape index (κ2) is 7.04. The van der Waals surface area contributed by atoms with Crippen LogP contribution in [0.1, 0.15) is 13.3 Å². The molecule has 1 aliphatic heterocycles. The van der Waals surface area contributed by atoms with Gasteiger partial charge in [-0.1, -0.05) is 13.0 Å². The summed E-state index contributed by atoms with van der Waals surface area (Å²) in [6.07, 6.45) is 3.84. The molecule has 0 spiro atoms. The van der Waals surface area contributed by atoms with Crippen molar-refractivity contribution in [2.45, 2.75) is 13.3 Å². The van der Waals surface area contributed by atoms with E-state index in [9.17, 15) is 4.79 Å². The third kappa shape index (κ3) is 3.74. The summed E-state index contributed by atoms with van der Waals surface area (Å²) in [7, 11) is 0. The summed E-state index contributed by atoms with van der Waals surface area (Å²) in [5.74, 6) is 2.53. The molecule has 1 aliphatic rings. The summed E-state index contributed by atoms with van der Waals surface area (Å²) in [6.45, 7) is 4.94. The van der Waals surface area contributed by atoms with Crippen LogP contribution in [0.2, 0.25) is 0 Å². The summed E-state index contributed by atoms with van der Waals surface area (Å²) in [5.41, 5.74) is 0. The van der Waals surface area contributed by atoms with Crippen molar-refractivity contribution in [1.29, 1.82) is 0 Å². The van der Waals surface area contributed by atoms with Gasteiger partial charge in [-0.05, 0) is 12.1 Å². The molecule has 0 aromatic carbocycles. The summed E-state index contributed by atoms with van der Waals surface area (Å²) < 4.78 is 0. The molecule has 1 fully saturated rings. The van der Waals surface area contributed by atoms with Crippen LogP contribution in [0.4, 0.5) is 17.5 Å². The number of anilines is 3. The minimum absolute atomic E-state index is 0.213. The molecular formula is C16H20N6O. The number of nitrogens with zero attached hydrogens (tertiary/aromatic N) is 5. The monoisotopic (exact) mass is 312 g/mol. The molecule has 7 nitrogen and oxygen atoms in total. The van der Waals surface area contributed by atoms with Crippen molar-refractivity contribution in [3.63, 3.8) is 0 Å². The van der Waals surface area contributed by atoms with Gasteiger partial charge >= 0.3 is 0 Å². The number of hydrogen-bond acceptors (Lipinski definition) is 6. The van der Waals surface area contributed by atoms with Crippen molar-refractivity contribution in [2.24, 2.45) is 0 Å². The van der Waals surface area contributed by atoms with Crippen LogP contribution in [0.15, 0.2) is 36.8 Å². The summed E-state index contributed by atoms with van der Waals surface area (Å²) >= 11 is 0. The van der Waals surface area contributed by atoms with Gasteiger partial charge in [0, 0.05) is 44.9 Å². The molecule has 1 N–H and O–H groups in total. The maximum Gasteiger partial charge on any atom is 0.222 e. The molecule has 2 aromatic heterocycles. The van der Waals surface area contributed by atoms with Crippen LogP contribution in [0, 0.1) is 0 Å². The molecular weight excluding hydrogens is 292 g/mol. The SMILES string of the molecule is CCC(=O)N1CCN(c2cc(Nc3ccccn3)ncn2)CC1. The first kappa shape index (κ1) is 15.2. The lowest BCUT2D eigenvalue weighted by atomic mass is 10.3. The van der Waals surface area contributed by atoms with Crippen molar-refractivity contribution in [1.82, 2.24) is 19.9 Å². The lowest BCUT2D eigenvalue weighted by Gasteiger charge is -2.35. The van der Waals surface area contributed by atoms with Crippen molar-refractivity contribution in [2.75, 3.05) is 36.4 Å².